The minimum Gasteiger partial charge on any atom is -0.378 e. The Labute approximate surface area is 146 Å². The molecule has 0 saturated carbocycles. The van der Waals surface area contributed by atoms with Crippen LogP contribution < -0.4 is 10.2 Å². The Bertz CT molecular complexity index is 746. The molecule has 0 bridgehead atoms. The van der Waals surface area contributed by atoms with Gasteiger partial charge in [-0.3, -0.25) is 4.79 Å². The Morgan fingerprint density at radius 2 is 2.00 bits per heavy atom. The van der Waals surface area contributed by atoms with E-state index in [0.717, 1.165) is 33.7 Å². The van der Waals surface area contributed by atoms with Gasteiger partial charge in [-0.05, 0) is 17.7 Å². The van der Waals surface area contributed by atoms with Crippen LogP contribution in [0.25, 0.3) is 11.1 Å². The number of benzene rings is 1. The normalized spacial score (nSPS) is 14.3. The third-order valence-corrected chi connectivity index (χ3v) is 5.33. The maximum atomic E-state index is 11.0. The van der Waals surface area contributed by atoms with Gasteiger partial charge in [-0.1, -0.05) is 39.4 Å². The van der Waals surface area contributed by atoms with Gasteiger partial charge in [-0.2, -0.15) is 5.26 Å². The van der Waals surface area contributed by atoms with Gasteiger partial charge in [0.2, 0.25) is 6.41 Å². The second-order valence-corrected chi connectivity index (χ2v) is 6.88. The molecule has 1 saturated heterocycles. The molecule has 1 fully saturated rings. The molecule has 5 nitrogen and oxygen atoms in total. The quantitative estimate of drug-likeness (QED) is 0.810. The van der Waals surface area contributed by atoms with Gasteiger partial charge in [0.25, 0.3) is 0 Å². The first-order valence-electron chi connectivity index (χ1n) is 7.10. The summed E-state index contributed by atoms with van der Waals surface area (Å²) in [5, 5.41) is 14.0. The standard InChI is InChI=1S/C16H14BrN3O2S/c17-12-3-1-11(2-4-12)14-13(9-18)16(23-15(14)19-10-21)20-5-7-22-8-6-20/h1-4,10H,5-8H2,(H,19,21). The van der Waals surface area contributed by atoms with E-state index in [0.29, 0.717) is 30.2 Å². The zero-order valence-electron chi connectivity index (χ0n) is 12.2. The summed E-state index contributed by atoms with van der Waals surface area (Å²) in [7, 11) is 0. The molecule has 0 spiro atoms. The van der Waals surface area contributed by atoms with Crippen molar-refractivity contribution >= 4 is 43.7 Å². The monoisotopic (exact) mass is 391 g/mol. The van der Waals surface area contributed by atoms with Crippen molar-refractivity contribution in [1.82, 2.24) is 0 Å². The summed E-state index contributed by atoms with van der Waals surface area (Å²) >= 11 is 4.85. The van der Waals surface area contributed by atoms with Crippen LogP contribution in [0.5, 0.6) is 0 Å². The highest BCUT2D eigenvalue weighted by Gasteiger charge is 2.24. The zero-order chi connectivity index (χ0) is 16.2. The molecule has 1 N–H and O–H groups in total. The molecule has 0 radical (unpaired) electrons. The molecule has 23 heavy (non-hydrogen) atoms. The highest BCUT2D eigenvalue weighted by molar-refractivity contribution is 9.10. The number of carbonyl (C=O) groups excluding carboxylic acids is 1. The molecule has 0 aliphatic carbocycles. The summed E-state index contributed by atoms with van der Waals surface area (Å²) in [6, 6.07) is 10.0. The lowest BCUT2D eigenvalue weighted by atomic mass is 10.0. The second kappa shape index (κ2) is 7.13. The van der Waals surface area contributed by atoms with Crippen molar-refractivity contribution in [2.75, 3.05) is 36.5 Å². The molecule has 118 valence electrons. The second-order valence-electron chi connectivity index (χ2n) is 4.97. The van der Waals surface area contributed by atoms with Crippen molar-refractivity contribution in [3.05, 3.63) is 34.3 Å². The van der Waals surface area contributed by atoms with Crippen LogP contribution in [0.2, 0.25) is 0 Å². The highest BCUT2D eigenvalue weighted by Crippen LogP contribution is 2.45. The highest BCUT2D eigenvalue weighted by atomic mass is 79.9. The van der Waals surface area contributed by atoms with Gasteiger partial charge < -0.3 is 15.0 Å². The lowest BCUT2D eigenvalue weighted by molar-refractivity contribution is -0.105. The lowest BCUT2D eigenvalue weighted by Gasteiger charge is -2.27. The number of ether oxygens (including phenoxy) is 1. The minimum atomic E-state index is 0.601. The summed E-state index contributed by atoms with van der Waals surface area (Å²) < 4.78 is 6.35. The van der Waals surface area contributed by atoms with E-state index < -0.39 is 0 Å². The molecular formula is C16H14BrN3O2S. The number of morpholine rings is 1. The molecule has 1 aromatic carbocycles. The number of anilines is 2. The molecule has 1 amide bonds. The number of nitrogens with zero attached hydrogens (tertiary/aromatic N) is 2. The Hall–Kier alpha value is -1.88. The predicted molar refractivity (Wildman–Crippen MR) is 94.9 cm³/mol. The third kappa shape index (κ3) is 3.24. The number of carbonyl (C=O) groups is 1. The topological polar surface area (TPSA) is 65.4 Å². The van der Waals surface area contributed by atoms with Crippen molar-refractivity contribution in [2.45, 2.75) is 0 Å². The molecule has 0 atom stereocenters. The van der Waals surface area contributed by atoms with Gasteiger partial charge in [0, 0.05) is 23.1 Å². The number of hydrogen-bond acceptors (Lipinski definition) is 5. The van der Waals surface area contributed by atoms with Crippen LogP contribution >= 0.6 is 27.3 Å². The third-order valence-electron chi connectivity index (χ3n) is 3.62. The molecular weight excluding hydrogens is 378 g/mol. The van der Waals surface area contributed by atoms with E-state index in [2.05, 4.69) is 32.2 Å². The van der Waals surface area contributed by atoms with Gasteiger partial charge in [-0.25, -0.2) is 0 Å². The fourth-order valence-corrected chi connectivity index (χ4v) is 4.01. The average molecular weight is 392 g/mol. The number of hydrogen-bond donors (Lipinski definition) is 1. The fourth-order valence-electron chi connectivity index (χ4n) is 2.56. The fraction of sp³-hybridized carbons (Fsp3) is 0.250. The molecule has 1 aliphatic rings. The van der Waals surface area contributed by atoms with Crippen molar-refractivity contribution < 1.29 is 9.53 Å². The Morgan fingerprint density at radius 1 is 1.30 bits per heavy atom. The summed E-state index contributed by atoms with van der Waals surface area (Å²) in [6.07, 6.45) is 0.651. The summed E-state index contributed by atoms with van der Waals surface area (Å²) in [5.41, 5.74) is 2.28. The van der Waals surface area contributed by atoms with Gasteiger partial charge in [0.15, 0.2) is 0 Å². The molecule has 3 rings (SSSR count). The van der Waals surface area contributed by atoms with Crippen LogP contribution in [0.3, 0.4) is 0 Å². The smallest absolute Gasteiger partial charge is 0.212 e. The van der Waals surface area contributed by atoms with E-state index in [1.54, 1.807) is 0 Å². The van der Waals surface area contributed by atoms with Crippen LogP contribution in [0.1, 0.15) is 5.56 Å². The van der Waals surface area contributed by atoms with Gasteiger partial charge in [-0.15, -0.1) is 0 Å². The van der Waals surface area contributed by atoms with E-state index >= 15 is 0 Å². The first-order chi connectivity index (χ1) is 11.2. The summed E-state index contributed by atoms with van der Waals surface area (Å²) in [5.74, 6) is 0. The number of rotatable bonds is 4. The molecule has 0 unspecified atom stereocenters. The molecule has 1 aromatic heterocycles. The van der Waals surface area contributed by atoms with Crippen molar-refractivity contribution in [3.63, 3.8) is 0 Å². The minimum absolute atomic E-state index is 0.601. The van der Waals surface area contributed by atoms with E-state index in [1.165, 1.54) is 11.3 Å². The van der Waals surface area contributed by atoms with Crippen molar-refractivity contribution in [1.29, 1.82) is 5.26 Å². The SMILES string of the molecule is N#Cc1c(N2CCOCC2)sc(NC=O)c1-c1ccc(Br)cc1. The number of thiophene rings is 1. The largest absolute Gasteiger partial charge is 0.378 e. The Balaban J connectivity index is 2.12. The Morgan fingerprint density at radius 3 is 2.61 bits per heavy atom. The van der Waals surface area contributed by atoms with Crippen molar-refractivity contribution in [3.8, 4) is 17.2 Å². The van der Waals surface area contributed by atoms with Crippen molar-refractivity contribution in [2.24, 2.45) is 0 Å². The maximum Gasteiger partial charge on any atom is 0.212 e. The van der Waals surface area contributed by atoms with Gasteiger partial charge >= 0.3 is 0 Å². The van der Waals surface area contributed by atoms with E-state index in [1.807, 2.05) is 24.3 Å². The van der Waals surface area contributed by atoms with E-state index in [-0.39, 0.29) is 0 Å². The summed E-state index contributed by atoms with van der Waals surface area (Å²) in [4.78, 5) is 13.1. The van der Waals surface area contributed by atoms with Crippen LogP contribution in [0, 0.1) is 11.3 Å². The number of nitrogens with one attached hydrogen (secondary N) is 1. The Kier molecular flexibility index (Phi) is 4.96. The van der Waals surface area contributed by atoms with Crippen LogP contribution in [0.4, 0.5) is 10.0 Å². The molecule has 1 aliphatic heterocycles. The van der Waals surface area contributed by atoms with Crippen LogP contribution in [-0.4, -0.2) is 32.7 Å². The van der Waals surface area contributed by atoms with Gasteiger partial charge in [0.1, 0.15) is 16.1 Å². The number of amides is 1. The van der Waals surface area contributed by atoms with E-state index in [9.17, 15) is 10.1 Å². The van der Waals surface area contributed by atoms with Crippen LogP contribution in [-0.2, 0) is 9.53 Å². The lowest BCUT2D eigenvalue weighted by Crippen LogP contribution is -2.36. The van der Waals surface area contributed by atoms with Gasteiger partial charge in [0.05, 0.1) is 18.8 Å². The van der Waals surface area contributed by atoms with E-state index in [4.69, 9.17) is 4.74 Å². The zero-order valence-corrected chi connectivity index (χ0v) is 14.6. The number of halogens is 1. The predicted octanol–water partition coefficient (Wildman–Crippen LogP) is 3.45. The maximum absolute atomic E-state index is 11.0. The first kappa shape index (κ1) is 16.0. The molecule has 2 heterocycles. The average Bonchev–Trinajstić information content (AvgIpc) is 2.95. The molecule has 7 heteroatoms. The molecule has 2 aromatic rings. The first-order valence-corrected chi connectivity index (χ1v) is 8.71. The number of nitriles is 1. The van der Waals surface area contributed by atoms with Crippen LogP contribution in [0.15, 0.2) is 28.7 Å². The summed E-state index contributed by atoms with van der Waals surface area (Å²) in [6.45, 7) is 2.78.